The molecule has 92 valence electrons. The summed E-state index contributed by atoms with van der Waals surface area (Å²) >= 11 is 0. The van der Waals surface area contributed by atoms with E-state index >= 15 is 0 Å². The Bertz CT molecular complexity index is 613. The average Bonchev–Trinajstić information content (AvgIpc) is 2.83. The fourth-order valence-corrected chi connectivity index (χ4v) is 2.41. The van der Waals surface area contributed by atoms with Gasteiger partial charge in [0.1, 0.15) is 0 Å². The van der Waals surface area contributed by atoms with Crippen molar-refractivity contribution in [1.29, 1.82) is 0 Å². The quantitative estimate of drug-likeness (QED) is 0.721. The number of fused-ring (bicyclic) bond motifs is 1. The second-order valence-corrected chi connectivity index (χ2v) is 4.41. The van der Waals surface area contributed by atoms with E-state index in [0.29, 0.717) is 6.41 Å². The molecule has 1 amide bonds. The van der Waals surface area contributed by atoms with E-state index in [0.717, 1.165) is 36.1 Å². The van der Waals surface area contributed by atoms with E-state index in [1.165, 1.54) is 11.1 Å². The van der Waals surface area contributed by atoms with Gasteiger partial charge in [-0.05, 0) is 36.7 Å². The number of carbonyl (C=O) groups excluding carboxylic acids is 1. The molecule has 1 aromatic carbocycles. The molecule has 4 heteroatoms. The Kier molecular flexibility index (Phi) is 2.86. The zero-order chi connectivity index (χ0) is 12.4. The zero-order valence-corrected chi connectivity index (χ0v) is 9.99. The third-order valence-corrected chi connectivity index (χ3v) is 3.32. The first-order valence-electron chi connectivity index (χ1n) is 6.10. The first kappa shape index (κ1) is 11.0. The molecule has 0 aliphatic carbocycles. The number of anilines is 1. The van der Waals surface area contributed by atoms with E-state index in [2.05, 4.69) is 21.7 Å². The van der Waals surface area contributed by atoms with Crippen molar-refractivity contribution >= 4 is 28.6 Å². The lowest BCUT2D eigenvalue weighted by Gasteiger charge is -2.13. The molecule has 0 fully saturated rings. The number of amides is 1. The molecule has 0 atom stereocenters. The van der Waals surface area contributed by atoms with Crippen molar-refractivity contribution in [3.63, 3.8) is 0 Å². The molecule has 0 saturated heterocycles. The van der Waals surface area contributed by atoms with Gasteiger partial charge in [0.05, 0.1) is 0 Å². The Labute approximate surface area is 105 Å². The molecule has 1 aliphatic rings. The summed E-state index contributed by atoms with van der Waals surface area (Å²) in [5.41, 5.74) is 4.53. The molecule has 0 bridgehead atoms. The number of carbonyl (C=O) groups is 1. The fourth-order valence-electron chi connectivity index (χ4n) is 2.41. The summed E-state index contributed by atoms with van der Waals surface area (Å²) in [6, 6.07) is 5.90. The predicted molar refractivity (Wildman–Crippen MR) is 73.4 cm³/mol. The summed E-state index contributed by atoms with van der Waals surface area (Å²) in [6.45, 7) is 1.94. The Morgan fingerprint density at radius 1 is 1.33 bits per heavy atom. The van der Waals surface area contributed by atoms with Crippen LogP contribution in [0.2, 0.25) is 0 Å². The third kappa shape index (κ3) is 1.91. The topological polar surface area (TPSA) is 56.9 Å². The van der Waals surface area contributed by atoms with Gasteiger partial charge in [-0.2, -0.15) is 0 Å². The van der Waals surface area contributed by atoms with Crippen LogP contribution in [0.15, 0.2) is 30.5 Å². The lowest BCUT2D eigenvalue weighted by Crippen LogP contribution is -2.19. The molecule has 3 rings (SSSR count). The second kappa shape index (κ2) is 4.66. The van der Waals surface area contributed by atoms with Crippen molar-refractivity contribution in [2.45, 2.75) is 6.42 Å². The maximum Gasteiger partial charge on any atom is 0.211 e. The van der Waals surface area contributed by atoms with Gasteiger partial charge >= 0.3 is 0 Å². The Morgan fingerprint density at radius 3 is 3.06 bits per heavy atom. The van der Waals surface area contributed by atoms with Gasteiger partial charge in [-0.3, -0.25) is 4.79 Å². The third-order valence-electron chi connectivity index (χ3n) is 3.32. The predicted octanol–water partition coefficient (Wildman–Crippen LogP) is 2.11. The molecule has 0 radical (unpaired) electrons. The van der Waals surface area contributed by atoms with Crippen LogP contribution in [0.5, 0.6) is 0 Å². The highest BCUT2D eigenvalue weighted by Gasteiger charge is 2.11. The lowest BCUT2D eigenvalue weighted by molar-refractivity contribution is -0.105. The molecular formula is C14H15N3O. The maximum absolute atomic E-state index is 10.5. The minimum Gasteiger partial charge on any atom is -0.361 e. The molecule has 2 heterocycles. The molecule has 18 heavy (non-hydrogen) atoms. The summed E-state index contributed by atoms with van der Waals surface area (Å²) in [6.07, 6.45) is 6.02. The SMILES string of the molecule is O=CNc1ccc2[nH]cc(C3=CCNCC3)c2c1. The first-order chi connectivity index (χ1) is 8.88. The van der Waals surface area contributed by atoms with Crippen LogP contribution in [0, 0.1) is 0 Å². The van der Waals surface area contributed by atoms with Gasteiger partial charge in [0.2, 0.25) is 6.41 Å². The van der Waals surface area contributed by atoms with Crippen molar-refractivity contribution in [3.8, 4) is 0 Å². The summed E-state index contributed by atoms with van der Waals surface area (Å²) in [4.78, 5) is 13.8. The van der Waals surface area contributed by atoms with Crippen molar-refractivity contribution in [2.24, 2.45) is 0 Å². The smallest absolute Gasteiger partial charge is 0.211 e. The molecular weight excluding hydrogens is 226 g/mol. The molecule has 1 aromatic heterocycles. The van der Waals surface area contributed by atoms with E-state index in [1.54, 1.807) is 0 Å². The minimum absolute atomic E-state index is 0.706. The zero-order valence-electron chi connectivity index (χ0n) is 9.99. The highest BCUT2D eigenvalue weighted by molar-refractivity contribution is 5.95. The monoisotopic (exact) mass is 241 g/mol. The van der Waals surface area contributed by atoms with Gasteiger partial charge in [0.25, 0.3) is 0 Å². The number of nitrogens with one attached hydrogen (secondary N) is 3. The molecule has 3 N–H and O–H groups in total. The number of hydrogen-bond donors (Lipinski definition) is 3. The van der Waals surface area contributed by atoms with E-state index in [4.69, 9.17) is 0 Å². The number of benzene rings is 1. The molecule has 0 unspecified atom stereocenters. The Hall–Kier alpha value is -2.07. The van der Waals surface area contributed by atoms with E-state index in [-0.39, 0.29) is 0 Å². The maximum atomic E-state index is 10.5. The average molecular weight is 241 g/mol. The summed E-state index contributed by atoms with van der Waals surface area (Å²) in [5, 5.41) is 7.17. The minimum atomic E-state index is 0.706. The standard InChI is InChI=1S/C14H15N3O/c18-9-17-11-1-2-14-12(7-11)13(8-16-14)10-3-5-15-6-4-10/h1-3,7-9,15-16H,4-6H2,(H,17,18). The second-order valence-electron chi connectivity index (χ2n) is 4.41. The van der Waals surface area contributed by atoms with Crippen LogP contribution in [0.25, 0.3) is 16.5 Å². The Morgan fingerprint density at radius 2 is 2.28 bits per heavy atom. The van der Waals surface area contributed by atoms with Crippen LogP contribution in [0.3, 0.4) is 0 Å². The molecule has 0 saturated carbocycles. The molecule has 2 aromatic rings. The van der Waals surface area contributed by atoms with Gasteiger partial charge in [-0.15, -0.1) is 0 Å². The largest absolute Gasteiger partial charge is 0.361 e. The lowest BCUT2D eigenvalue weighted by atomic mass is 9.99. The highest BCUT2D eigenvalue weighted by Crippen LogP contribution is 2.29. The van der Waals surface area contributed by atoms with Gasteiger partial charge in [0, 0.05) is 34.9 Å². The van der Waals surface area contributed by atoms with Crippen LogP contribution in [0.4, 0.5) is 5.69 Å². The van der Waals surface area contributed by atoms with Gasteiger partial charge in [-0.25, -0.2) is 0 Å². The van der Waals surface area contributed by atoms with Crippen LogP contribution < -0.4 is 10.6 Å². The number of hydrogen-bond acceptors (Lipinski definition) is 2. The Balaban J connectivity index is 2.08. The van der Waals surface area contributed by atoms with Crippen LogP contribution in [-0.4, -0.2) is 24.5 Å². The van der Waals surface area contributed by atoms with Crippen molar-refractivity contribution in [3.05, 3.63) is 36.0 Å². The van der Waals surface area contributed by atoms with E-state index < -0.39 is 0 Å². The van der Waals surface area contributed by atoms with Gasteiger partial charge in [-0.1, -0.05) is 6.08 Å². The number of H-pyrrole nitrogens is 1. The summed E-state index contributed by atoms with van der Waals surface area (Å²) in [5.74, 6) is 0. The van der Waals surface area contributed by atoms with Crippen molar-refractivity contribution in [1.82, 2.24) is 10.3 Å². The molecule has 1 aliphatic heterocycles. The van der Waals surface area contributed by atoms with Crippen molar-refractivity contribution < 1.29 is 4.79 Å². The number of aromatic nitrogens is 1. The van der Waals surface area contributed by atoms with Crippen LogP contribution in [-0.2, 0) is 4.79 Å². The highest BCUT2D eigenvalue weighted by atomic mass is 16.1. The van der Waals surface area contributed by atoms with Crippen LogP contribution >= 0.6 is 0 Å². The molecule has 0 spiro atoms. The fraction of sp³-hybridized carbons (Fsp3) is 0.214. The number of aromatic amines is 1. The summed E-state index contributed by atoms with van der Waals surface area (Å²) < 4.78 is 0. The summed E-state index contributed by atoms with van der Waals surface area (Å²) in [7, 11) is 0. The molecule has 4 nitrogen and oxygen atoms in total. The van der Waals surface area contributed by atoms with E-state index in [9.17, 15) is 4.79 Å². The van der Waals surface area contributed by atoms with E-state index in [1.807, 2.05) is 24.4 Å². The van der Waals surface area contributed by atoms with Gasteiger partial charge < -0.3 is 15.6 Å². The van der Waals surface area contributed by atoms with Crippen LogP contribution in [0.1, 0.15) is 12.0 Å². The first-order valence-corrected chi connectivity index (χ1v) is 6.10. The number of rotatable bonds is 3. The van der Waals surface area contributed by atoms with Crippen molar-refractivity contribution in [2.75, 3.05) is 18.4 Å². The van der Waals surface area contributed by atoms with Gasteiger partial charge in [0.15, 0.2) is 0 Å². The normalized spacial score (nSPS) is 15.4.